The number of rotatable bonds is 28. The monoisotopic (exact) mass is 522 g/mol. The summed E-state index contributed by atoms with van der Waals surface area (Å²) in [6.07, 6.45) is 18.2. The third kappa shape index (κ3) is 21.6. The molecule has 0 N–H and O–H groups in total. The predicted octanol–water partition coefficient (Wildman–Crippen LogP) is 8.09. The second-order valence-corrected chi connectivity index (χ2v) is 10.2. The summed E-state index contributed by atoms with van der Waals surface area (Å²) >= 11 is 0. The van der Waals surface area contributed by atoms with Crippen molar-refractivity contribution >= 4 is 0 Å². The quantitative estimate of drug-likeness (QED) is 0.104. The van der Waals surface area contributed by atoms with Crippen LogP contribution in [-0.4, -0.2) is 60.0 Å². The van der Waals surface area contributed by atoms with E-state index in [0.717, 1.165) is 0 Å². The summed E-state index contributed by atoms with van der Waals surface area (Å²) in [6.45, 7) is 10.0. The minimum absolute atomic E-state index is 0.576. The van der Waals surface area contributed by atoms with Crippen molar-refractivity contribution in [2.45, 2.75) is 110 Å². The fraction of sp³-hybridized carbons (Fsp3) is 0.812. The van der Waals surface area contributed by atoms with Crippen LogP contribution < -0.4 is 0 Å². The van der Waals surface area contributed by atoms with Gasteiger partial charge in [-0.1, -0.05) is 115 Å². The smallest absolute Gasteiger partial charge is 0.0718 e. The molecule has 37 heavy (non-hydrogen) atoms. The molecule has 0 saturated carbocycles. The Morgan fingerprint density at radius 3 is 1.46 bits per heavy atom. The van der Waals surface area contributed by atoms with E-state index in [-0.39, 0.29) is 0 Å². The van der Waals surface area contributed by atoms with E-state index in [4.69, 9.17) is 23.7 Å². The Hall–Kier alpha value is -0.980. The van der Waals surface area contributed by atoms with Gasteiger partial charge in [0.1, 0.15) is 0 Å². The zero-order chi connectivity index (χ0) is 26.7. The second kappa shape index (κ2) is 26.6. The molecule has 0 fully saturated rings. The Morgan fingerprint density at radius 1 is 0.541 bits per heavy atom. The first-order valence-corrected chi connectivity index (χ1v) is 15.2. The summed E-state index contributed by atoms with van der Waals surface area (Å²) in [5.74, 6) is 0.630. The van der Waals surface area contributed by atoms with Gasteiger partial charge in [-0.05, 0) is 23.5 Å². The van der Waals surface area contributed by atoms with Crippen molar-refractivity contribution in [1.29, 1.82) is 0 Å². The topological polar surface area (TPSA) is 46.2 Å². The van der Waals surface area contributed by atoms with E-state index in [9.17, 15) is 0 Å². The Morgan fingerprint density at radius 2 is 0.973 bits per heavy atom. The molecule has 0 aliphatic rings. The van der Waals surface area contributed by atoms with E-state index in [1.54, 1.807) is 7.11 Å². The molecule has 1 atom stereocenters. The van der Waals surface area contributed by atoms with Gasteiger partial charge in [0.25, 0.3) is 0 Å². The molecule has 0 bridgehead atoms. The highest BCUT2D eigenvalue weighted by Gasteiger charge is 2.06. The highest BCUT2D eigenvalue weighted by molar-refractivity contribution is 5.24. The van der Waals surface area contributed by atoms with Gasteiger partial charge in [-0.15, -0.1) is 0 Å². The van der Waals surface area contributed by atoms with Gasteiger partial charge in [0.05, 0.1) is 59.5 Å². The number of benzene rings is 1. The number of hydrogen-bond donors (Lipinski definition) is 0. The van der Waals surface area contributed by atoms with Gasteiger partial charge in [-0.2, -0.15) is 0 Å². The average molecular weight is 523 g/mol. The molecular formula is C32H58O5. The van der Waals surface area contributed by atoms with Gasteiger partial charge in [-0.3, -0.25) is 0 Å². The zero-order valence-electron chi connectivity index (χ0n) is 24.5. The average Bonchev–Trinajstić information content (AvgIpc) is 2.92. The molecule has 1 aromatic rings. The van der Waals surface area contributed by atoms with Gasteiger partial charge in [0.15, 0.2) is 0 Å². The maximum atomic E-state index is 5.75. The molecule has 5 nitrogen and oxygen atoms in total. The molecule has 1 aromatic carbocycles. The number of unbranched alkanes of at least 4 members (excludes halogenated alkanes) is 11. The summed E-state index contributed by atoms with van der Waals surface area (Å²) in [4.78, 5) is 0. The van der Waals surface area contributed by atoms with Gasteiger partial charge in [-0.25, -0.2) is 0 Å². The van der Waals surface area contributed by atoms with Crippen LogP contribution in [0, 0.1) is 0 Å². The predicted molar refractivity (Wildman–Crippen MR) is 155 cm³/mol. The maximum absolute atomic E-state index is 5.75. The summed E-state index contributed by atoms with van der Waals surface area (Å²) < 4.78 is 27.0. The van der Waals surface area contributed by atoms with Gasteiger partial charge < -0.3 is 23.7 Å². The van der Waals surface area contributed by atoms with Crippen LogP contribution in [-0.2, 0) is 30.3 Å². The van der Waals surface area contributed by atoms with Crippen molar-refractivity contribution in [1.82, 2.24) is 0 Å². The molecule has 0 spiro atoms. The van der Waals surface area contributed by atoms with Crippen LogP contribution in [0.3, 0.4) is 0 Å². The maximum Gasteiger partial charge on any atom is 0.0718 e. The highest BCUT2D eigenvalue weighted by Crippen LogP contribution is 2.23. The first kappa shape index (κ1) is 34.0. The SMILES string of the molecule is CCCCCCCCCCCCCCC(C)c1ccc(COCCOCCOCCOCCOC)cc1. The van der Waals surface area contributed by atoms with Crippen LogP contribution in [0.1, 0.15) is 114 Å². The van der Waals surface area contributed by atoms with E-state index in [0.29, 0.717) is 65.4 Å². The molecule has 0 heterocycles. The van der Waals surface area contributed by atoms with Crippen molar-refractivity contribution < 1.29 is 23.7 Å². The van der Waals surface area contributed by atoms with Crippen molar-refractivity contribution in [2.24, 2.45) is 0 Å². The molecule has 216 valence electrons. The number of ether oxygens (including phenoxy) is 5. The Labute approximate surface area is 228 Å². The Bertz CT molecular complexity index is 577. The molecule has 5 heteroatoms. The first-order chi connectivity index (χ1) is 18.3. The van der Waals surface area contributed by atoms with Crippen LogP contribution in [0.5, 0.6) is 0 Å². The summed E-state index contributed by atoms with van der Waals surface area (Å²) in [5.41, 5.74) is 2.66. The molecular weight excluding hydrogens is 464 g/mol. The number of hydrogen-bond acceptors (Lipinski definition) is 5. The standard InChI is InChI=1S/C32H58O5/c1-4-5-6-7-8-9-10-11-12-13-14-15-16-30(2)32-19-17-31(18-20-32)29-37-28-27-36-26-25-35-24-23-34-22-21-33-3/h17-20,30H,4-16,21-29H2,1-3H3. The van der Waals surface area contributed by atoms with Crippen LogP contribution in [0.25, 0.3) is 0 Å². The van der Waals surface area contributed by atoms with E-state index in [2.05, 4.69) is 38.1 Å². The third-order valence-corrected chi connectivity index (χ3v) is 6.86. The zero-order valence-corrected chi connectivity index (χ0v) is 24.5. The van der Waals surface area contributed by atoms with Gasteiger partial charge in [0.2, 0.25) is 0 Å². The summed E-state index contributed by atoms with van der Waals surface area (Å²) in [5, 5.41) is 0. The number of methoxy groups -OCH3 is 1. The van der Waals surface area contributed by atoms with E-state index in [1.165, 1.54) is 94.6 Å². The fourth-order valence-electron chi connectivity index (χ4n) is 4.39. The van der Waals surface area contributed by atoms with Gasteiger partial charge >= 0.3 is 0 Å². The Kier molecular flexibility index (Phi) is 24.5. The fourth-order valence-corrected chi connectivity index (χ4v) is 4.39. The van der Waals surface area contributed by atoms with Crippen LogP contribution >= 0.6 is 0 Å². The molecule has 0 saturated heterocycles. The third-order valence-electron chi connectivity index (χ3n) is 6.86. The van der Waals surface area contributed by atoms with Crippen LogP contribution in [0.4, 0.5) is 0 Å². The Balaban J connectivity index is 1.93. The normalized spacial score (nSPS) is 12.3. The molecule has 0 radical (unpaired) electrons. The molecule has 0 amide bonds. The molecule has 0 aliphatic carbocycles. The van der Waals surface area contributed by atoms with Crippen molar-refractivity contribution in [3.8, 4) is 0 Å². The highest BCUT2D eigenvalue weighted by atomic mass is 16.6. The van der Waals surface area contributed by atoms with Crippen LogP contribution in [0.2, 0.25) is 0 Å². The lowest BCUT2D eigenvalue weighted by Gasteiger charge is -2.13. The van der Waals surface area contributed by atoms with E-state index < -0.39 is 0 Å². The van der Waals surface area contributed by atoms with E-state index >= 15 is 0 Å². The lowest BCUT2D eigenvalue weighted by molar-refractivity contribution is -0.00948. The lowest BCUT2D eigenvalue weighted by Crippen LogP contribution is -2.12. The molecule has 0 aromatic heterocycles. The van der Waals surface area contributed by atoms with E-state index in [1.807, 2.05) is 0 Å². The minimum atomic E-state index is 0.576. The summed E-state index contributed by atoms with van der Waals surface area (Å²) in [6, 6.07) is 8.96. The van der Waals surface area contributed by atoms with Crippen LogP contribution in [0.15, 0.2) is 24.3 Å². The largest absolute Gasteiger partial charge is 0.382 e. The van der Waals surface area contributed by atoms with Gasteiger partial charge in [0, 0.05) is 7.11 Å². The minimum Gasteiger partial charge on any atom is -0.382 e. The first-order valence-electron chi connectivity index (χ1n) is 15.2. The van der Waals surface area contributed by atoms with Crippen molar-refractivity contribution in [2.75, 3.05) is 60.0 Å². The lowest BCUT2D eigenvalue weighted by atomic mass is 9.94. The summed E-state index contributed by atoms with van der Waals surface area (Å²) in [7, 11) is 1.67. The van der Waals surface area contributed by atoms with Crippen molar-refractivity contribution in [3.05, 3.63) is 35.4 Å². The second-order valence-electron chi connectivity index (χ2n) is 10.2. The molecule has 0 aliphatic heterocycles. The molecule has 1 unspecified atom stereocenters. The molecule has 1 rings (SSSR count). The van der Waals surface area contributed by atoms with Crippen molar-refractivity contribution in [3.63, 3.8) is 0 Å².